The van der Waals surface area contributed by atoms with Gasteiger partial charge in [-0.3, -0.25) is 9.59 Å². The average Bonchev–Trinajstić information content (AvgIpc) is 2.90. The molecule has 1 saturated carbocycles. The topological polar surface area (TPSA) is 49.4 Å². The fourth-order valence-corrected chi connectivity index (χ4v) is 6.17. The molecule has 3 aromatic carbocycles. The summed E-state index contributed by atoms with van der Waals surface area (Å²) < 4.78 is 13.4. The van der Waals surface area contributed by atoms with Crippen molar-refractivity contribution in [1.29, 1.82) is 0 Å². The Morgan fingerprint density at radius 3 is 2.51 bits per heavy atom. The largest absolute Gasteiger partial charge is 0.349 e. The highest BCUT2D eigenvalue weighted by molar-refractivity contribution is 8.04. The molecule has 1 fully saturated rings. The molecule has 190 valence electrons. The molecular weight excluding hydrogens is 483 g/mol. The highest BCUT2D eigenvalue weighted by atomic mass is 32.2. The monoisotopic (exact) mass is 514 g/mol. The summed E-state index contributed by atoms with van der Waals surface area (Å²) in [5.41, 5.74) is 3.18. The van der Waals surface area contributed by atoms with E-state index in [2.05, 4.69) is 19.2 Å². The molecule has 1 heterocycles. The molecule has 4 nitrogen and oxygen atoms in total. The van der Waals surface area contributed by atoms with Gasteiger partial charge in [-0.15, -0.1) is 0 Å². The number of hydrogen-bond donors (Lipinski definition) is 1. The molecule has 1 aliphatic heterocycles. The lowest BCUT2D eigenvalue weighted by atomic mass is 9.78. The fraction of sp³-hybridized carbons (Fsp3) is 0.290. The van der Waals surface area contributed by atoms with Gasteiger partial charge in [-0.25, -0.2) is 4.39 Å². The molecule has 1 N–H and O–H groups in total. The van der Waals surface area contributed by atoms with Gasteiger partial charge in [0.1, 0.15) is 5.82 Å². The predicted octanol–water partition coefficient (Wildman–Crippen LogP) is 7.06. The predicted molar refractivity (Wildman–Crippen MR) is 148 cm³/mol. The molecule has 37 heavy (non-hydrogen) atoms. The second-order valence-electron chi connectivity index (χ2n) is 10.1. The number of benzene rings is 3. The number of amides is 2. The van der Waals surface area contributed by atoms with Gasteiger partial charge in [0.15, 0.2) is 0 Å². The maximum atomic E-state index is 13.5. The van der Waals surface area contributed by atoms with Crippen molar-refractivity contribution in [2.24, 2.45) is 11.8 Å². The maximum Gasteiger partial charge on any atom is 0.265 e. The Bertz CT molecular complexity index is 1320. The molecule has 0 bridgehead atoms. The highest BCUT2D eigenvalue weighted by Crippen LogP contribution is 2.42. The van der Waals surface area contributed by atoms with E-state index in [4.69, 9.17) is 0 Å². The number of carbonyl (C=O) groups excluding carboxylic acids is 2. The number of halogens is 1. The number of para-hydroxylation sites is 1. The first kappa shape index (κ1) is 25.3. The van der Waals surface area contributed by atoms with Gasteiger partial charge in [0.2, 0.25) is 0 Å². The Morgan fingerprint density at radius 2 is 1.76 bits per heavy atom. The molecule has 6 heteroatoms. The maximum absolute atomic E-state index is 13.5. The molecule has 0 spiro atoms. The number of fused-ring (bicyclic) bond motifs is 1. The van der Waals surface area contributed by atoms with Gasteiger partial charge in [-0.2, -0.15) is 0 Å². The first-order chi connectivity index (χ1) is 17.9. The van der Waals surface area contributed by atoms with Crippen molar-refractivity contribution >= 4 is 35.3 Å². The Hall–Kier alpha value is -3.38. The van der Waals surface area contributed by atoms with Crippen LogP contribution < -0.4 is 10.2 Å². The third-order valence-electron chi connectivity index (χ3n) is 7.58. The average molecular weight is 515 g/mol. The normalized spacial score (nSPS) is 22.6. The van der Waals surface area contributed by atoms with Crippen LogP contribution in [-0.2, 0) is 11.3 Å². The summed E-state index contributed by atoms with van der Waals surface area (Å²) in [5, 5.41) is 3.22. The molecule has 1 aliphatic carbocycles. The zero-order chi connectivity index (χ0) is 25.9. The van der Waals surface area contributed by atoms with E-state index < -0.39 is 0 Å². The van der Waals surface area contributed by atoms with E-state index in [9.17, 15) is 14.0 Å². The van der Waals surface area contributed by atoms with E-state index in [1.807, 2.05) is 54.6 Å². The molecule has 5 rings (SSSR count). The van der Waals surface area contributed by atoms with Crippen LogP contribution in [0.15, 0.2) is 82.6 Å². The van der Waals surface area contributed by atoms with Gasteiger partial charge in [-0.1, -0.05) is 74.8 Å². The third-order valence-corrected chi connectivity index (χ3v) is 8.66. The van der Waals surface area contributed by atoms with Crippen LogP contribution in [0.2, 0.25) is 0 Å². The Balaban J connectivity index is 1.34. The van der Waals surface area contributed by atoms with Crippen molar-refractivity contribution in [3.63, 3.8) is 0 Å². The molecule has 0 saturated heterocycles. The first-order valence-corrected chi connectivity index (χ1v) is 13.7. The Labute approximate surface area is 222 Å². The first-order valence-electron chi connectivity index (χ1n) is 12.8. The second-order valence-corrected chi connectivity index (χ2v) is 11.1. The van der Waals surface area contributed by atoms with Crippen LogP contribution in [0.4, 0.5) is 10.1 Å². The summed E-state index contributed by atoms with van der Waals surface area (Å²) in [4.78, 5) is 29.7. The number of nitrogens with one attached hydrogen (secondary N) is 1. The lowest BCUT2D eigenvalue weighted by Gasteiger charge is -2.34. The van der Waals surface area contributed by atoms with E-state index in [0.29, 0.717) is 28.8 Å². The minimum absolute atomic E-state index is 0.0485. The molecule has 2 aliphatic rings. The van der Waals surface area contributed by atoms with Crippen LogP contribution in [0.1, 0.15) is 54.6 Å². The highest BCUT2D eigenvalue weighted by Gasteiger charge is 2.30. The van der Waals surface area contributed by atoms with Gasteiger partial charge < -0.3 is 10.2 Å². The number of rotatable bonds is 5. The molecular formula is C31H31FN2O2S. The summed E-state index contributed by atoms with van der Waals surface area (Å²) in [6, 6.07) is 21.6. The van der Waals surface area contributed by atoms with Crippen LogP contribution in [0.5, 0.6) is 0 Å². The molecule has 3 atom stereocenters. The van der Waals surface area contributed by atoms with Gasteiger partial charge in [-0.05, 0) is 71.9 Å². The lowest BCUT2D eigenvalue weighted by molar-refractivity contribution is -0.114. The summed E-state index contributed by atoms with van der Waals surface area (Å²) >= 11 is 1.44. The van der Waals surface area contributed by atoms with Gasteiger partial charge >= 0.3 is 0 Å². The molecule has 3 aromatic rings. The quantitative estimate of drug-likeness (QED) is 0.371. The van der Waals surface area contributed by atoms with Crippen LogP contribution >= 0.6 is 11.8 Å². The number of nitrogens with zero attached hydrogens (tertiary/aromatic N) is 1. The second kappa shape index (κ2) is 10.9. The van der Waals surface area contributed by atoms with Gasteiger partial charge in [0, 0.05) is 16.5 Å². The van der Waals surface area contributed by atoms with Gasteiger partial charge in [0.25, 0.3) is 11.8 Å². The fourth-order valence-electron chi connectivity index (χ4n) is 5.11. The third kappa shape index (κ3) is 5.64. The Kier molecular flexibility index (Phi) is 7.47. The molecule has 0 unspecified atom stereocenters. The minimum atomic E-state index is -0.301. The summed E-state index contributed by atoms with van der Waals surface area (Å²) in [6.07, 6.45) is 5.26. The van der Waals surface area contributed by atoms with Crippen molar-refractivity contribution in [3.8, 4) is 0 Å². The van der Waals surface area contributed by atoms with Crippen LogP contribution in [0.25, 0.3) is 6.08 Å². The summed E-state index contributed by atoms with van der Waals surface area (Å²) in [6.45, 7) is 4.83. The minimum Gasteiger partial charge on any atom is -0.349 e. The summed E-state index contributed by atoms with van der Waals surface area (Å²) in [5.74, 6) is 0.635. The Morgan fingerprint density at radius 1 is 1.03 bits per heavy atom. The number of carbonyl (C=O) groups is 2. The van der Waals surface area contributed by atoms with Crippen molar-refractivity contribution in [2.45, 2.75) is 50.6 Å². The molecule has 0 aromatic heterocycles. The van der Waals surface area contributed by atoms with E-state index in [1.54, 1.807) is 17.0 Å². The van der Waals surface area contributed by atoms with E-state index in [-0.39, 0.29) is 23.7 Å². The number of hydrogen-bond acceptors (Lipinski definition) is 3. The van der Waals surface area contributed by atoms with Crippen molar-refractivity contribution in [2.75, 3.05) is 4.90 Å². The van der Waals surface area contributed by atoms with Crippen molar-refractivity contribution < 1.29 is 14.0 Å². The van der Waals surface area contributed by atoms with Crippen molar-refractivity contribution in [1.82, 2.24) is 5.32 Å². The zero-order valence-electron chi connectivity index (χ0n) is 21.1. The smallest absolute Gasteiger partial charge is 0.265 e. The van der Waals surface area contributed by atoms with Crippen LogP contribution in [0, 0.1) is 17.7 Å². The van der Waals surface area contributed by atoms with Crippen LogP contribution in [0.3, 0.4) is 0 Å². The number of thioether (sulfide) groups is 1. The summed E-state index contributed by atoms with van der Waals surface area (Å²) in [7, 11) is 0. The molecule has 2 amide bonds. The van der Waals surface area contributed by atoms with E-state index in [1.165, 1.54) is 30.3 Å². The zero-order valence-corrected chi connectivity index (χ0v) is 21.9. The van der Waals surface area contributed by atoms with Gasteiger partial charge in [0.05, 0.1) is 17.1 Å². The van der Waals surface area contributed by atoms with E-state index >= 15 is 0 Å². The standard InChI is InChI=1S/C31H31FN2O2S/c1-20-6-5-7-26(21(20)2)33-30(35)24-14-10-22(11-15-24)18-29-31(36)34(19-23-12-16-25(32)17-13-23)27-8-3-4-9-28(27)37-29/h3-4,8-18,20-21,26H,5-7,19H2,1-2H3,(H,33,35)/b29-18-/t20-,21+,26-/m1/s1. The lowest BCUT2D eigenvalue weighted by Crippen LogP contribution is -2.43. The van der Waals surface area contributed by atoms with Crippen LogP contribution in [-0.4, -0.2) is 17.9 Å². The number of anilines is 1. The van der Waals surface area contributed by atoms with E-state index in [0.717, 1.165) is 34.6 Å². The van der Waals surface area contributed by atoms with Crippen molar-refractivity contribution in [3.05, 3.63) is 100 Å². The SMILES string of the molecule is C[C@H]1[C@H](C)CCC[C@H]1NC(=O)c1ccc(/C=C2\Sc3ccccc3N(Cc3ccc(F)cc3)C2=O)cc1. The molecule has 0 radical (unpaired) electrons.